The van der Waals surface area contributed by atoms with Crippen LogP contribution in [0.25, 0.3) is 10.9 Å². The van der Waals surface area contributed by atoms with Crippen molar-refractivity contribution in [3.8, 4) is 0 Å². The van der Waals surface area contributed by atoms with Crippen LogP contribution in [-0.4, -0.2) is 40.0 Å². The van der Waals surface area contributed by atoms with Gasteiger partial charge in [-0.25, -0.2) is 4.98 Å². The molecule has 2 aromatic rings. The van der Waals surface area contributed by atoms with Crippen LogP contribution < -0.4 is 10.9 Å². The number of fused-ring (bicyclic) bond motifs is 1. The fourth-order valence-electron chi connectivity index (χ4n) is 3.24. The standard InChI is InChI=1S/C19H23N3O3S/c1-12(17(23)20-11-14-5-4-10-25-14)26-19-21-16-7-3-2-6-15(16)18(24)22(19)13-8-9-13/h2-3,6-7,12-14H,4-5,8-11H2,1H3,(H,20,23)/t12-,14+/m0/s1. The van der Waals surface area contributed by atoms with Crippen LogP contribution in [0.2, 0.25) is 0 Å². The SMILES string of the molecule is C[C@H](Sc1nc2ccccc2c(=O)n1C1CC1)C(=O)NC[C@H]1CCCO1. The van der Waals surface area contributed by atoms with Crippen LogP contribution in [0.1, 0.15) is 38.6 Å². The number of para-hydroxylation sites is 1. The highest BCUT2D eigenvalue weighted by Crippen LogP contribution is 2.37. The van der Waals surface area contributed by atoms with Gasteiger partial charge < -0.3 is 10.1 Å². The third-order valence-corrected chi connectivity index (χ3v) is 5.93. The van der Waals surface area contributed by atoms with Crippen LogP contribution >= 0.6 is 11.8 Å². The van der Waals surface area contributed by atoms with Crippen molar-refractivity contribution in [2.45, 2.75) is 55.2 Å². The van der Waals surface area contributed by atoms with Crippen molar-refractivity contribution in [1.82, 2.24) is 14.9 Å². The highest BCUT2D eigenvalue weighted by Gasteiger charge is 2.30. The number of rotatable bonds is 6. The average Bonchev–Trinajstić information content (AvgIpc) is 3.33. The lowest BCUT2D eigenvalue weighted by atomic mass is 10.2. The normalized spacial score (nSPS) is 21.0. The number of benzene rings is 1. The topological polar surface area (TPSA) is 73.2 Å². The molecule has 1 aliphatic carbocycles. The molecule has 1 aromatic carbocycles. The average molecular weight is 373 g/mol. The number of carbonyl (C=O) groups excluding carboxylic acids is 1. The molecular weight excluding hydrogens is 350 g/mol. The van der Waals surface area contributed by atoms with Gasteiger partial charge in [0.25, 0.3) is 5.56 Å². The summed E-state index contributed by atoms with van der Waals surface area (Å²) >= 11 is 1.36. The van der Waals surface area contributed by atoms with E-state index in [1.807, 2.05) is 31.2 Å². The van der Waals surface area contributed by atoms with Crippen LogP contribution in [0.4, 0.5) is 0 Å². The zero-order valence-corrected chi connectivity index (χ0v) is 15.6. The van der Waals surface area contributed by atoms with E-state index in [4.69, 9.17) is 4.74 Å². The number of hydrogen-bond acceptors (Lipinski definition) is 5. The lowest BCUT2D eigenvalue weighted by Crippen LogP contribution is -2.37. The Morgan fingerprint density at radius 2 is 2.19 bits per heavy atom. The Kier molecular flexibility index (Phi) is 5.00. The van der Waals surface area contributed by atoms with Crippen molar-refractivity contribution in [3.05, 3.63) is 34.6 Å². The van der Waals surface area contributed by atoms with E-state index in [1.54, 1.807) is 4.57 Å². The number of nitrogens with zero attached hydrogens (tertiary/aromatic N) is 2. The number of amides is 1. The summed E-state index contributed by atoms with van der Waals surface area (Å²) in [6.45, 7) is 3.18. The van der Waals surface area contributed by atoms with E-state index in [0.717, 1.165) is 32.3 Å². The molecule has 0 unspecified atom stereocenters. The zero-order valence-electron chi connectivity index (χ0n) is 14.8. The van der Waals surface area contributed by atoms with Gasteiger partial charge in [-0.05, 0) is 44.7 Å². The van der Waals surface area contributed by atoms with Crippen LogP contribution in [-0.2, 0) is 9.53 Å². The molecule has 2 atom stereocenters. The lowest BCUT2D eigenvalue weighted by Gasteiger charge is -2.17. The van der Waals surface area contributed by atoms with Crippen molar-refractivity contribution in [1.29, 1.82) is 0 Å². The van der Waals surface area contributed by atoms with Crippen LogP contribution in [0.5, 0.6) is 0 Å². The Bertz CT molecular complexity index is 872. The summed E-state index contributed by atoms with van der Waals surface area (Å²) in [4.78, 5) is 30.0. The minimum absolute atomic E-state index is 0.00689. The second-order valence-corrected chi connectivity index (χ2v) is 8.27. The third-order valence-electron chi connectivity index (χ3n) is 4.87. The second kappa shape index (κ2) is 7.40. The molecule has 1 N–H and O–H groups in total. The summed E-state index contributed by atoms with van der Waals surface area (Å²) in [5.41, 5.74) is 0.677. The maximum Gasteiger partial charge on any atom is 0.262 e. The molecule has 4 rings (SSSR count). The largest absolute Gasteiger partial charge is 0.376 e. The second-order valence-electron chi connectivity index (χ2n) is 6.96. The first-order valence-corrected chi connectivity index (χ1v) is 10.1. The van der Waals surface area contributed by atoms with Crippen molar-refractivity contribution >= 4 is 28.6 Å². The first kappa shape index (κ1) is 17.5. The Hall–Kier alpha value is -1.86. The number of nitrogens with one attached hydrogen (secondary N) is 1. The third kappa shape index (κ3) is 3.64. The van der Waals surface area contributed by atoms with Gasteiger partial charge in [-0.15, -0.1) is 0 Å². The maximum atomic E-state index is 12.9. The highest BCUT2D eigenvalue weighted by atomic mass is 32.2. The quantitative estimate of drug-likeness (QED) is 0.622. The molecule has 1 amide bonds. The molecule has 2 aliphatic rings. The molecule has 1 saturated carbocycles. The molecule has 7 heteroatoms. The van der Waals surface area contributed by atoms with E-state index in [9.17, 15) is 9.59 Å². The van der Waals surface area contributed by atoms with E-state index in [0.29, 0.717) is 22.6 Å². The maximum absolute atomic E-state index is 12.9. The summed E-state index contributed by atoms with van der Waals surface area (Å²) in [5, 5.41) is 3.91. The van der Waals surface area contributed by atoms with E-state index in [-0.39, 0.29) is 28.9 Å². The predicted molar refractivity (Wildman–Crippen MR) is 102 cm³/mol. The van der Waals surface area contributed by atoms with Gasteiger partial charge in [-0.3, -0.25) is 14.2 Å². The molecule has 1 saturated heterocycles. The predicted octanol–water partition coefficient (Wildman–Crippen LogP) is 2.51. The van der Waals surface area contributed by atoms with Gasteiger partial charge in [0.05, 0.1) is 22.3 Å². The van der Waals surface area contributed by atoms with Crippen molar-refractivity contribution < 1.29 is 9.53 Å². The fraction of sp³-hybridized carbons (Fsp3) is 0.526. The van der Waals surface area contributed by atoms with Gasteiger partial charge in [0.15, 0.2) is 5.16 Å². The van der Waals surface area contributed by atoms with E-state index >= 15 is 0 Å². The molecule has 0 bridgehead atoms. The summed E-state index contributed by atoms with van der Waals surface area (Å²) in [6.07, 6.45) is 4.16. The Morgan fingerprint density at radius 3 is 2.92 bits per heavy atom. The molecule has 2 heterocycles. The summed E-state index contributed by atoms with van der Waals surface area (Å²) in [7, 11) is 0. The van der Waals surface area contributed by atoms with Gasteiger partial charge in [-0.1, -0.05) is 23.9 Å². The summed E-state index contributed by atoms with van der Waals surface area (Å²) in [5.74, 6) is -0.0461. The molecular formula is C19H23N3O3S. The number of thioether (sulfide) groups is 1. The van der Waals surface area contributed by atoms with E-state index < -0.39 is 0 Å². The van der Waals surface area contributed by atoms with Crippen molar-refractivity contribution in [2.75, 3.05) is 13.2 Å². The monoisotopic (exact) mass is 373 g/mol. The first-order chi connectivity index (χ1) is 12.6. The molecule has 2 fully saturated rings. The van der Waals surface area contributed by atoms with Crippen LogP contribution in [0, 0.1) is 0 Å². The number of aromatic nitrogens is 2. The summed E-state index contributed by atoms with van der Waals surface area (Å²) in [6, 6.07) is 7.61. The Morgan fingerprint density at radius 1 is 1.38 bits per heavy atom. The van der Waals surface area contributed by atoms with Crippen molar-refractivity contribution in [3.63, 3.8) is 0 Å². The molecule has 0 spiro atoms. The Labute approximate surface area is 156 Å². The Balaban J connectivity index is 1.53. The number of ether oxygens (including phenoxy) is 1. The van der Waals surface area contributed by atoms with Crippen LogP contribution in [0.3, 0.4) is 0 Å². The molecule has 1 aromatic heterocycles. The number of hydrogen-bond donors (Lipinski definition) is 1. The zero-order chi connectivity index (χ0) is 18.1. The van der Waals surface area contributed by atoms with Crippen molar-refractivity contribution in [2.24, 2.45) is 0 Å². The van der Waals surface area contributed by atoms with Gasteiger partial charge >= 0.3 is 0 Å². The van der Waals surface area contributed by atoms with Gasteiger partial charge in [0, 0.05) is 19.2 Å². The molecule has 138 valence electrons. The van der Waals surface area contributed by atoms with Gasteiger partial charge in [0.2, 0.25) is 5.91 Å². The fourth-order valence-corrected chi connectivity index (χ4v) is 4.24. The molecule has 26 heavy (non-hydrogen) atoms. The first-order valence-electron chi connectivity index (χ1n) is 9.21. The van der Waals surface area contributed by atoms with E-state index in [1.165, 1.54) is 11.8 Å². The lowest BCUT2D eigenvalue weighted by molar-refractivity contribution is -0.120. The molecule has 0 radical (unpaired) electrons. The minimum atomic E-state index is -0.325. The summed E-state index contributed by atoms with van der Waals surface area (Å²) < 4.78 is 7.32. The van der Waals surface area contributed by atoms with E-state index in [2.05, 4.69) is 10.3 Å². The number of carbonyl (C=O) groups is 1. The minimum Gasteiger partial charge on any atom is -0.376 e. The smallest absolute Gasteiger partial charge is 0.262 e. The molecule has 1 aliphatic heterocycles. The van der Waals surface area contributed by atoms with Crippen LogP contribution in [0.15, 0.2) is 34.2 Å². The highest BCUT2D eigenvalue weighted by molar-refractivity contribution is 8.00. The molecule has 6 nitrogen and oxygen atoms in total. The van der Waals surface area contributed by atoms with Gasteiger partial charge in [-0.2, -0.15) is 0 Å². The van der Waals surface area contributed by atoms with Gasteiger partial charge in [0.1, 0.15) is 0 Å².